The molecule has 0 aromatic heterocycles. The number of benzene rings is 1. The van der Waals surface area contributed by atoms with Gasteiger partial charge in [0.1, 0.15) is 0 Å². The Morgan fingerprint density at radius 3 is 2.12 bits per heavy atom. The fraction of sp³-hybridized carbons (Fsp3) is 0.571. The van der Waals surface area contributed by atoms with E-state index in [1.807, 2.05) is 0 Å². The zero-order chi connectivity index (χ0) is 17.5. The quantitative estimate of drug-likeness (QED) is 0.307. The molecule has 0 radical (unpaired) electrons. The van der Waals surface area contributed by atoms with Crippen molar-refractivity contribution in [2.24, 2.45) is 0 Å². The van der Waals surface area contributed by atoms with E-state index in [1.165, 1.54) is 36.5 Å². The molecule has 0 unspecified atom stereocenters. The predicted molar refractivity (Wildman–Crippen MR) is 99.0 cm³/mol. The first-order valence-corrected chi connectivity index (χ1v) is 9.24. The minimum absolute atomic E-state index is 0.312. The van der Waals surface area contributed by atoms with Crippen molar-refractivity contribution in [3.8, 4) is 0 Å². The van der Waals surface area contributed by atoms with Gasteiger partial charge in [0.2, 0.25) is 0 Å². The first kappa shape index (κ1) is 20.4. The van der Waals surface area contributed by atoms with Crippen LogP contribution in [0.2, 0.25) is 0 Å². The van der Waals surface area contributed by atoms with E-state index >= 15 is 0 Å². The van der Waals surface area contributed by atoms with Gasteiger partial charge >= 0.3 is 5.97 Å². The Balaban J connectivity index is 2.11. The minimum atomic E-state index is -0.330. The molecule has 134 valence electrons. The third-order valence-electron chi connectivity index (χ3n) is 4.14. The predicted octanol–water partition coefficient (Wildman–Crippen LogP) is 4.61. The number of hydrogen-bond donors (Lipinski definition) is 1. The summed E-state index contributed by atoms with van der Waals surface area (Å²) in [5, 5.41) is 8.78. The third-order valence-corrected chi connectivity index (χ3v) is 4.14. The molecule has 1 N–H and O–H groups in total. The van der Waals surface area contributed by atoms with Crippen molar-refractivity contribution in [1.29, 1.82) is 0 Å². The van der Waals surface area contributed by atoms with Crippen LogP contribution in [0.25, 0.3) is 0 Å². The number of ether oxygens (including phenoxy) is 1. The van der Waals surface area contributed by atoms with Gasteiger partial charge in [-0.25, -0.2) is 4.79 Å². The molecule has 3 nitrogen and oxygen atoms in total. The minimum Gasteiger partial charge on any atom is -0.463 e. The van der Waals surface area contributed by atoms with Gasteiger partial charge in [-0.15, -0.1) is 0 Å². The molecule has 0 aliphatic carbocycles. The number of carbonyl (C=O) groups excluding carboxylic acids is 1. The Labute approximate surface area is 146 Å². The average molecular weight is 332 g/mol. The van der Waals surface area contributed by atoms with Crippen LogP contribution in [0.3, 0.4) is 0 Å². The Hall–Kier alpha value is -1.61. The highest BCUT2D eigenvalue weighted by Gasteiger charge is 1.99. The van der Waals surface area contributed by atoms with Gasteiger partial charge in [-0.2, -0.15) is 0 Å². The van der Waals surface area contributed by atoms with Gasteiger partial charge in [-0.1, -0.05) is 56.5 Å². The van der Waals surface area contributed by atoms with Crippen molar-refractivity contribution in [2.45, 2.75) is 64.2 Å². The van der Waals surface area contributed by atoms with E-state index in [0.29, 0.717) is 13.2 Å². The lowest BCUT2D eigenvalue weighted by atomic mass is 10.0. The standard InChI is InChI=1S/C21H32O3/c1-2-21(23)24-17-10-6-4-8-13-20-15-11-14-19(18-20)12-7-3-5-9-16-22/h2,11,14-15,18,22H,1,3-10,12-13,16-17H2. The Morgan fingerprint density at radius 2 is 1.54 bits per heavy atom. The lowest BCUT2D eigenvalue weighted by molar-refractivity contribution is -0.137. The lowest BCUT2D eigenvalue weighted by Crippen LogP contribution is -2.01. The van der Waals surface area contributed by atoms with E-state index in [1.54, 1.807) is 0 Å². The summed E-state index contributed by atoms with van der Waals surface area (Å²) in [7, 11) is 0. The van der Waals surface area contributed by atoms with E-state index in [-0.39, 0.29) is 5.97 Å². The van der Waals surface area contributed by atoms with Crippen LogP contribution in [0, 0.1) is 0 Å². The largest absolute Gasteiger partial charge is 0.463 e. The second-order valence-electron chi connectivity index (χ2n) is 6.24. The van der Waals surface area contributed by atoms with Gasteiger partial charge in [0.25, 0.3) is 0 Å². The zero-order valence-corrected chi connectivity index (χ0v) is 14.8. The Bertz CT molecular complexity index is 468. The molecule has 0 atom stereocenters. The van der Waals surface area contributed by atoms with Gasteiger partial charge in [0.15, 0.2) is 0 Å². The zero-order valence-electron chi connectivity index (χ0n) is 14.8. The maximum Gasteiger partial charge on any atom is 0.330 e. The van der Waals surface area contributed by atoms with Gasteiger partial charge in [0.05, 0.1) is 6.61 Å². The fourth-order valence-electron chi connectivity index (χ4n) is 2.75. The summed E-state index contributed by atoms with van der Waals surface area (Å²) in [6.45, 7) is 4.18. The number of rotatable bonds is 14. The topological polar surface area (TPSA) is 46.5 Å². The number of esters is 1. The van der Waals surface area contributed by atoms with Gasteiger partial charge in [0, 0.05) is 12.7 Å². The van der Waals surface area contributed by atoms with E-state index in [0.717, 1.165) is 44.9 Å². The Morgan fingerprint density at radius 1 is 0.958 bits per heavy atom. The van der Waals surface area contributed by atoms with Crippen molar-refractivity contribution in [3.05, 3.63) is 48.0 Å². The number of aliphatic hydroxyl groups is 1. The maximum absolute atomic E-state index is 10.9. The smallest absolute Gasteiger partial charge is 0.330 e. The van der Waals surface area contributed by atoms with E-state index in [2.05, 4.69) is 30.8 Å². The molecule has 0 saturated carbocycles. The molecule has 3 heteroatoms. The molecule has 1 rings (SSSR count). The normalized spacial score (nSPS) is 10.5. The van der Waals surface area contributed by atoms with Crippen molar-refractivity contribution < 1.29 is 14.6 Å². The van der Waals surface area contributed by atoms with Gasteiger partial charge in [-0.3, -0.25) is 0 Å². The molecule has 0 bridgehead atoms. The summed E-state index contributed by atoms with van der Waals surface area (Å²) in [5.74, 6) is -0.330. The molecule has 0 saturated heterocycles. The first-order chi connectivity index (χ1) is 11.8. The molecule has 0 spiro atoms. The van der Waals surface area contributed by atoms with Crippen LogP contribution in [0.4, 0.5) is 0 Å². The molecule has 0 heterocycles. The van der Waals surface area contributed by atoms with Crippen molar-refractivity contribution in [3.63, 3.8) is 0 Å². The molecular formula is C21H32O3. The van der Waals surface area contributed by atoms with E-state index in [4.69, 9.17) is 9.84 Å². The molecule has 1 aromatic carbocycles. The van der Waals surface area contributed by atoms with Crippen LogP contribution in [-0.2, 0) is 22.4 Å². The van der Waals surface area contributed by atoms with Crippen LogP contribution >= 0.6 is 0 Å². The van der Waals surface area contributed by atoms with Crippen LogP contribution in [0.5, 0.6) is 0 Å². The SMILES string of the molecule is C=CC(=O)OCCCCCCc1cccc(CCCCCCO)c1. The maximum atomic E-state index is 10.9. The summed E-state index contributed by atoms with van der Waals surface area (Å²) in [6, 6.07) is 8.91. The molecule has 0 aliphatic rings. The highest BCUT2D eigenvalue weighted by molar-refractivity contribution is 5.81. The Kier molecular flexibility index (Phi) is 11.7. The fourth-order valence-corrected chi connectivity index (χ4v) is 2.75. The molecule has 0 fully saturated rings. The summed E-state index contributed by atoms with van der Waals surface area (Å²) in [5.41, 5.74) is 2.84. The molecule has 1 aromatic rings. The monoisotopic (exact) mass is 332 g/mol. The summed E-state index contributed by atoms with van der Waals surface area (Å²) in [4.78, 5) is 10.9. The third kappa shape index (κ3) is 10.2. The van der Waals surface area contributed by atoms with Crippen LogP contribution in [0.1, 0.15) is 62.5 Å². The highest BCUT2D eigenvalue weighted by atomic mass is 16.5. The molecular weight excluding hydrogens is 300 g/mol. The summed E-state index contributed by atoms with van der Waals surface area (Å²) in [6.07, 6.45) is 12.3. The van der Waals surface area contributed by atoms with E-state index in [9.17, 15) is 4.79 Å². The van der Waals surface area contributed by atoms with Crippen LogP contribution in [0.15, 0.2) is 36.9 Å². The van der Waals surface area contributed by atoms with Crippen molar-refractivity contribution in [2.75, 3.05) is 13.2 Å². The average Bonchev–Trinajstić information content (AvgIpc) is 2.61. The summed E-state index contributed by atoms with van der Waals surface area (Å²) < 4.78 is 4.96. The second kappa shape index (κ2) is 13.8. The van der Waals surface area contributed by atoms with Gasteiger partial charge < -0.3 is 9.84 Å². The molecule has 24 heavy (non-hydrogen) atoms. The highest BCUT2D eigenvalue weighted by Crippen LogP contribution is 2.13. The number of aliphatic hydroxyl groups excluding tert-OH is 1. The number of carbonyl (C=O) groups is 1. The molecule has 0 aliphatic heterocycles. The number of hydrogen-bond acceptors (Lipinski definition) is 3. The van der Waals surface area contributed by atoms with Crippen LogP contribution in [-0.4, -0.2) is 24.3 Å². The van der Waals surface area contributed by atoms with Gasteiger partial charge in [-0.05, 0) is 49.7 Å². The van der Waals surface area contributed by atoms with Crippen molar-refractivity contribution in [1.82, 2.24) is 0 Å². The first-order valence-electron chi connectivity index (χ1n) is 9.24. The van der Waals surface area contributed by atoms with Crippen molar-refractivity contribution >= 4 is 5.97 Å². The molecule has 0 amide bonds. The number of aryl methyl sites for hydroxylation is 2. The van der Waals surface area contributed by atoms with Crippen LogP contribution < -0.4 is 0 Å². The second-order valence-corrected chi connectivity index (χ2v) is 6.24. The summed E-state index contributed by atoms with van der Waals surface area (Å²) >= 11 is 0. The lowest BCUT2D eigenvalue weighted by Gasteiger charge is -2.06. The number of unbranched alkanes of at least 4 members (excludes halogenated alkanes) is 6. The van der Waals surface area contributed by atoms with E-state index < -0.39 is 0 Å².